The minimum Gasteiger partial charge on any atom is -0.507 e. The van der Waals surface area contributed by atoms with Gasteiger partial charge in [0.1, 0.15) is 11.6 Å². The van der Waals surface area contributed by atoms with Crippen LogP contribution in [-0.4, -0.2) is 21.8 Å². The Labute approximate surface area is 173 Å². The Hall–Kier alpha value is -3.93. The van der Waals surface area contributed by atoms with Crippen molar-refractivity contribution in [3.63, 3.8) is 0 Å². The number of aromatic hydroxyl groups is 1. The van der Waals surface area contributed by atoms with Crippen LogP contribution in [0.5, 0.6) is 5.75 Å². The SMILES string of the molecule is Cc1cc(C=NNC(=O)c2cc3ccccc3cc2O)c(C)n1-c1ccccc1F. The average Bonchev–Trinajstić information content (AvgIpc) is 3.01. The molecule has 1 aromatic heterocycles. The quantitative estimate of drug-likeness (QED) is 0.379. The van der Waals surface area contributed by atoms with Gasteiger partial charge in [0.2, 0.25) is 0 Å². The summed E-state index contributed by atoms with van der Waals surface area (Å²) in [5, 5.41) is 15.9. The molecule has 3 aromatic carbocycles. The van der Waals surface area contributed by atoms with Gasteiger partial charge in [0.15, 0.2) is 0 Å². The van der Waals surface area contributed by atoms with Gasteiger partial charge >= 0.3 is 0 Å². The molecule has 1 amide bonds. The molecule has 0 aliphatic carbocycles. The van der Waals surface area contributed by atoms with Gasteiger partial charge in [0.25, 0.3) is 5.91 Å². The second kappa shape index (κ2) is 7.83. The predicted molar refractivity (Wildman–Crippen MR) is 116 cm³/mol. The summed E-state index contributed by atoms with van der Waals surface area (Å²) >= 11 is 0. The Bertz CT molecular complexity index is 1290. The van der Waals surface area contributed by atoms with Gasteiger partial charge in [-0.25, -0.2) is 9.82 Å². The van der Waals surface area contributed by atoms with Crippen LogP contribution in [0.15, 0.2) is 71.8 Å². The smallest absolute Gasteiger partial charge is 0.275 e. The topological polar surface area (TPSA) is 66.6 Å². The molecule has 0 atom stereocenters. The molecule has 150 valence electrons. The molecule has 0 unspecified atom stereocenters. The Morgan fingerprint density at radius 1 is 1.03 bits per heavy atom. The molecule has 0 fully saturated rings. The zero-order chi connectivity index (χ0) is 21.3. The van der Waals surface area contributed by atoms with E-state index in [9.17, 15) is 14.3 Å². The van der Waals surface area contributed by atoms with Gasteiger partial charge in [0, 0.05) is 17.0 Å². The highest BCUT2D eigenvalue weighted by atomic mass is 19.1. The second-order valence-electron chi connectivity index (χ2n) is 7.03. The number of hydrazone groups is 1. The van der Waals surface area contributed by atoms with Crippen molar-refractivity contribution in [3.05, 3.63) is 95.1 Å². The molecule has 4 rings (SSSR count). The third-order valence-electron chi connectivity index (χ3n) is 5.04. The Morgan fingerprint density at radius 3 is 2.43 bits per heavy atom. The summed E-state index contributed by atoms with van der Waals surface area (Å²) in [4.78, 5) is 12.5. The van der Waals surface area contributed by atoms with E-state index in [2.05, 4.69) is 10.5 Å². The molecule has 0 saturated heterocycles. The van der Waals surface area contributed by atoms with Crippen molar-refractivity contribution in [2.45, 2.75) is 13.8 Å². The highest BCUT2D eigenvalue weighted by Gasteiger charge is 2.14. The third kappa shape index (κ3) is 3.55. The van der Waals surface area contributed by atoms with Gasteiger partial charge in [-0.2, -0.15) is 5.10 Å². The van der Waals surface area contributed by atoms with Gasteiger partial charge in [0.05, 0.1) is 17.5 Å². The first-order valence-corrected chi connectivity index (χ1v) is 9.44. The monoisotopic (exact) mass is 401 g/mol. The molecule has 0 aliphatic heterocycles. The summed E-state index contributed by atoms with van der Waals surface area (Å²) in [5.74, 6) is -0.945. The number of amides is 1. The first-order valence-electron chi connectivity index (χ1n) is 9.44. The first-order chi connectivity index (χ1) is 14.5. The number of aromatic nitrogens is 1. The normalized spacial score (nSPS) is 11.3. The lowest BCUT2D eigenvalue weighted by molar-refractivity contribution is 0.0952. The van der Waals surface area contributed by atoms with Crippen LogP contribution in [0.2, 0.25) is 0 Å². The number of carbonyl (C=O) groups is 1. The number of hydrogen-bond donors (Lipinski definition) is 2. The van der Waals surface area contributed by atoms with E-state index in [4.69, 9.17) is 0 Å². The number of nitrogens with one attached hydrogen (secondary N) is 1. The number of hydrogen-bond acceptors (Lipinski definition) is 3. The molecule has 4 aromatic rings. The minimum absolute atomic E-state index is 0.112. The number of para-hydroxylation sites is 1. The molecule has 1 heterocycles. The van der Waals surface area contributed by atoms with Gasteiger partial charge in [-0.05, 0) is 55.0 Å². The molecule has 0 saturated carbocycles. The number of nitrogens with zero attached hydrogens (tertiary/aromatic N) is 2. The molecule has 30 heavy (non-hydrogen) atoms. The summed E-state index contributed by atoms with van der Waals surface area (Å²) in [5.41, 5.74) is 5.43. The molecular weight excluding hydrogens is 381 g/mol. The molecule has 0 spiro atoms. The van der Waals surface area contributed by atoms with E-state index in [0.29, 0.717) is 5.69 Å². The maximum absolute atomic E-state index is 14.2. The van der Waals surface area contributed by atoms with Gasteiger partial charge in [-0.3, -0.25) is 4.79 Å². The molecule has 5 nitrogen and oxygen atoms in total. The fraction of sp³-hybridized carbons (Fsp3) is 0.0833. The van der Waals surface area contributed by atoms with E-state index >= 15 is 0 Å². The van der Waals surface area contributed by atoms with Crippen molar-refractivity contribution in [1.29, 1.82) is 0 Å². The second-order valence-corrected chi connectivity index (χ2v) is 7.03. The van der Waals surface area contributed by atoms with Crippen molar-refractivity contribution < 1.29 is 14.3 Å². The molecule has 0 radical (unpaired) electrons. The van der Waals surface area contributed by atoms with Crippen LogP contribution in [0.25, 0.3) is 16.5 Å². The Balaban J connectivity index is 1.57. The van der Waals surface area contributed by atoms with Gasteiger partial charge in [-0.15, -0.1) is 0 Å². The zero-order valence-electron chi connectivity index (χ0n) is 16.6. The standard InChI is InChI=1S/C24H20FN3O2/c1-15-11-19(16(2)28(15)22-10-6-5-9-21(22)25)14-26-27-24(30)20-12-17-7-3-4-8-18(17)13-23(20)29/h3-14,29H,1-2H3,(H,27,30). The van der Waals surface area contributed by atoms with Crippen LogP contribution >= 0.6 is 0 Å². The highest BCUT2D eigenvalue weighted by Crippen LogP contribution is 2.25. The average molecular weight is 401 g/mol. The van der Waals surface area contributed by atoms with Gasteiger partial charge in [-0.1, -0.05) is 36.4 Å². The van der Waals surface area contributed by atoms with E-state index < -0.39 is 5.91 Å². The summed E-state index contributed by atoms with van der Waals surface area (Å²) in [6.45, 7) is 3.74. The Kier molecular flexibility index (Phi) is 5.06. The van der Waals surface area contributed by atoms with Crippen molar-refractivity contribution >= 4 is 22.9 Å². The summed E-state index contributed by atoms with van der Waals surface area (Å²) in [7, 11) is 0. The summed E-state index contributed by atoms with van der Waals surface area (Å²) in [6, 6.07) is 19.1. The van der Waals surface area contributed by atoms with Crippen LogP contribution in [-0.2, 0) is 0 Å². The van der Waals surface area contributed by atoms with Crippen LogP contribution in [0.1, 0.15) is 27.3 Å². The molecule has 2 N–H and O–H groups in total. The van der Waals surface area contributed by atoms with E-state index in [1.807, 2.05) is 44.2 Å². The summed E-state index contributed by atoms with van der Waals surface area (Å²) in [6.07, 6.45) is 1.51. The minimum atomic E-state index is -0.516. The number of halogens is 1. The number of fused-ring (bicyclic) bond motifs is 1. The van der Waals surface area contributed by atoms with Crippen molar-refractivity contribution in [2.24, 2.45) is 5.10 Å². The lowest BCUT2D eigenvalue weighted by Gasteiger charge is -2.10. The summed E-state index contributed by atoms with van der Waals surface area (Å²) < 4.78 is 16.0. The van der Waals surface area contributed by atoms with Crippen LogP contribution in [0.3, 0.4) is 0 Å². The van der Waals surface area contributed by atoms with Gasteiger partial charge < -0.3 is 9.67 Å². The van der Waals surface area contributed by atoms with Crippen molar-refractivity contribution in [3.8, 4) is 11.4 Å². The van der Waals surface area contributed by atoms with E-state index in [1.165, 1.54) is 12.3 Å². The van der Waals surface area contributed by atoms with E-state index in [1.54, 1.807) is 34.9 Å². The molecule has 0 bridgehead atoms. The third-order valence-corrected chi connectivity index (χ3v) is 5.04. The van der Waals surface area contributed by atoms with E-state index in [-0.39, 0.29) is 17.1 Å². The largest absolute Gasteiger partial charge is 0.507 e. The number of phenols is 1. The molecule has 0 aliphatic rings. The lowest BCUT2D eigenvalue weighted by atomic mass is 10.1. The van der Waals surface area contributed by atoms with Crippen molar-refractivity contribution in [2.75, 3.05) is 0 Å². The predicted octanol–water partition coefficient (Wildman–Crippen LogP) is 4.86. The number of benzene rings is 3. The van der Waals surface area contributed by atoms with Crippen LogP contribution < -0.4 is 5.43 Å². The van der Waals surface area contributed by atoms with Crippen LogP contribution in [0.4, 0.5) is 4.39 Å². The number of phenolic OH excluding ortho intramolecular Hbond substituents is 1. The van der Waals surface area contributed by atoms with E-state index in [0.717, 1.165) is 27.7 Å². The number of rotatable bonds is 4. The highest BCUT2D eigenvalue weighted by molar-refractivity contribution is 6.01. The molecular formula is C24H20FN3O2. The maximum atomic E-state index is 14.2. The first kappa shape index (κ1) is 19.4. The Morgan fingerprint density at radius 2 is 1.70 bits per heavy atom. The zero-order valence-corrected chi connectivity index (χ0v) is 16.6. The number of aryl methyl sites for hydroxylation is 1. The molecule has 6 heteroatoms. The lowest BCUT2D eigenvalue weighted by Crippen LogP contribution is -2.17. The fourth-order valence-electron chi connectivity index (χ4n) is 3.55. The fourth-order valence-corrected chi connectivity index (χ4v) is 3.55. The van der Waals surface area contributed by atoms with Crippen molar-refractivity contribution in [1.82, 2.24) is 9.99 Å². The number of carbonyl (C=O) groups excluding carboxylic acids is 1. The van der Waals surface area contributed by atoms with Crippen LogP contribution in [0, 0.1) is 19.7 Å². The maximum Gasteiger partial charge on any atom is 0.275 e.